The molecule has 0 atom stereocenters. The molecule has 1 aromatic heterocycles. The minimum absolute atomic E-state index is 0.153. The van der Waals surface area contributed by atoms with Crippen molar-refractivity contribution in [2.75, 3.05) is 6.61 Å². The van der Waals surface area contributed by atoms with Crippen LogP contribution in [0.3, 0.4) is 0 Å². The molecule has 1 N–H and O–H groups in total. The zero-order valence-corrected chi connectivity index (χ0v) is 11.0. The normalized spacial score (nSPS) is 10.2. The second-order valence-electron chi connectivity index (χ2n) is 4.09. The zero-order chi connectivity index (χ0) is 14.5. The second-order valence-corrected chi connectivity index (χ2v) is 4.09. The third-order valence-corrected chi connectivity index (χ3v) is 2.70. The van der Waals surface area contributed by atoms with Gasteiger partial charge in [-0.1, -0.05) is 12.1 Å². The number of hydrogen-bond acceptors (Lipinski definition) is 4. The van der Waals surface area contributed by atoms with E-state index < -0.39 is 11.2 Å². The lowest BCUT2D eigenvalue weighted by molar-refractivity contribution is 0.0966. The highest BCUT2D eigenvalue weighted by Crippen LogP contribution is 2.18. The fraction of sp³-hybridized carbons (Fsp3) is 0.214. The van der Waals surface area contributed by atoms with Gasteiger partial charge in [0.1, 0.15) is 5.75 Å². The van der Waals surface area contributed by atoms with Gasteiger partial charge in [-0.05, 0) is 19.1 Å². The lowest BCUT2D eigenvalue weighted by Crippen LogP contribution is -2.30. The van der Waals surface area contributed by atoms with E-state index in [1.165, 1.54) is 12.3 Å². The predicted molar refractivity (Wildman–Crippen MR) is 73.3 cm³/mol. The smallest absolute Gasteiger partial charge is 0.328 e. The Balaban J connectivity index is 2.28. The van der Waals surface area contributed by atoms with Gasteiger partial charge in [-0.2, -0.15) is 0 Å². The van der Waals surface area contributed by atoms with Crippen LogP contribution in [-0.4, -0.2) is 21.9 Å². The summed E-state index contributed by atoms with van der Waals surface area (Å²) in [6.07, 6.45) is 1.29. The van der Waals surface area contributed by atoms with Crippen molar-refractivity contribution in [1.29, 1.82) is 0 Å². The number of nitrogens with one attached hydrogen (secondary N) is 1. The van der Waals surface area contributed by atoms with Crippen molar-refractivity contribution in [3.63, 3.8) is 0 Å². The Hall–Kier alpha value is -2.63. The highest BCUT2D eigenvalue weighted by Gasteiger charge is 2.13. The van der Waals surface area contributed by atoms with E-state index in [-0.39, 0.29) is 12.3 Å². The van der Waals surface area contributed by atoms with Gasteiger partial charge in [-0.25, -0.2) is 4.79 Å². The van der Waals surface area contributed by atoms with Gasteiger partial charge in [0.25, 0.3) is 5.56 Å². The average molecular weight is 274 g/mol. The van der Waals surface area contributed by atoms with E-state index in [0.717, 1.165) is 4.57 Å². The molecule has 104 valence electrons. The molecule has 20 heavy (non-hydrogen) atoms. The molecule has 6 nitrogen and oxygen atoms in total. The molecule has 0 saturated heterocycles. The Morgan fingerprint density at radius 2 is 2.00 bits per heavy atom. The predicted octanol–water partition coefficient (Wildman–Crippen LogP) is 0.818. The van der Waals surface area contributed by atoms with Gasteiger partial charge >= 0.3 is 5.69 Å². The van der Waals surface area contributed by atoms with E-state index >= 15 is 0 Å². The standard InChI is InChI=1S/C14H14N2O4/c1-2-20-12-6-4-3-5-10(12)11(17)9-16-8-7-13(18)15-14(16)19/h3-8H,2,9H2,1H3,(H,15,18,19). The Bertz CT molecular complexity index is 730. The number of H-pyrrole nitrogens is 1. The first-order valence-electron chi connectivity index (χ1n) is 6.16. The lowest BCUT2D eigenvalue weighted by atomic mass is 10.1. The maximum absolute atomic E-state index is 12.2. The number of hydrogen-bond donors (Lipinski definition) is 1. The summed E-state index contributed by atoms with van der Waals surface area (Å²) in [4.78, 5) is 36.8. The first kappa shape index (κ1) is 13.8. The van der Waals surface area contributed by atoms with Crippen molar-refractivity contribution < 1.29 is 9.53 Å². The number of carbonyl (C=O) groups excluding carboxylic acids is 1. The number of rotatable bonds is 5. The number of nitrogens with zero attached hydrogens (tertiary/aromatic N) is 1. The van der Waals surface area contributed by atoms with Crippen LogP contribution in [0.4, 0.5) is 0 Å². The lowest BCUT2D eigenvalue weighted by Gasteiger charge is -2.09. The van der Waals surface area contributed by atoms with E-state index in [4.69, 9.17) is 4.74 Å². The molecule has 1 aromatic carbocycles. The molecule has 6 heteroatoms. The molecule has 2 rings (SSSR count). The van der Waals surface area contributed by atoms with Crippen LogP contribution in [0.1, 0.15) is 17.3 Å². The van der Waals surface area contributed by atoms with Crippen molar-refractivity contribution in [2.45, 2.75) is 13.5 Å². The molecule has 0 aliphatic carbocycles. The summed E-state index contributed by atoms with van der Waals surface area (Å²) >= 11 is 0. The summed E-state index contributed by atoms with van der Waals surface area (Å²) in [5, 5.41) is 0. The molecule has 0 radical (unpaired) electrons. The summed E-state index contributed by atoms with van der Waals surface area (Å²) in [5.41, 5.74) is -0.694. The van der Waals surface area contributed by atoms with Gasteiger partial charge in [0, 0.05) is 12.3 Å². The van der Waals surface area contributed by atoms with Gasteiger partial charge in [-0.3, -0.25) is 19.1 Å². The van der Waals surface area contributed by atoms with E-state index in [0.29, 0.717) is 17.9 Å². The molecule has 0 aliphatic rings. The minimum atomic E-state index is -0.611. The number of benzene rings is 1. The first-order chi connectivity index (χ1) is 9.61. The van der Waals surface area contributed by atoms with Crippen LogP contribution in [-0.2, 0) is 6.54 Å². The topological polar surface area (TPSA) is 81.2 Å². The molecule has 0 saturated carbocycles. The SMILES string of the molecule is CCOc1ccccc1C(=O)Cn1ccc(=O)[nH]c1=O. The summed E-state index contributed by atoms with van der Waals surface area (Å²) in [6.45, 7) is 2.12. The van der Waals surface area contributed by atoms with Gasteiger partial charge < -0.3 is 4.74 Å². The summed E-state index contributed by atoms with van der Waals surface area (Å²) in [5.74, 6) is 0.223. The zero-order valence-electron chi connectivity index (χ0n) is 11.0. The van der Waals surface area contributed by atoms with Crippen molar-refractivity contribution >= 4 is 5.78 Å². The Morgan fingerprint density at radius 1 is 1.25 bits per heavy atom. The number of ether oxygens (including phenoxy) is 1. The average Bonchev–Trinajstić information content (AvgIpc) is 2.43. The van der Waals surface area contributed by atoms with Gasteiger partial charge in [0.15, 0.2) is 5.78 Å². The largest absolute Gasteiger partial charge is 0.493 e. The van der Waals surface area contributed by atoms with E-state index in [1.54, 1.807) is 24.3 Å². The number of aromatic amines is 1. The molecule has 1 heterocycles. The monoisotopic (exact) mass is 274 g/mol. The minimum Gasteiger partial charge on any atom is -0.493 e. The summed E-state index contributed by atoms with van der Waals surface area (Å²) in [7, 11) is 0. The van der Waals surface area contributed by atoms with Gasteiger partial charge in [-0.15, -0.1) is 0 Å². The fourth-order valence-corrected chi connectivity index (χ4v) is 1.79. The third-order valence-electron chi connectivity index (χ3n) is 2.70. The molecule has 2 aromatic rings. The molecule has 0 spiro atoms. The molecular formula is C14H14N2O4. The summed E-state index contributed by atoms with van der Waals surface area (Å²) in [6, 6.07) is 8.04. The van der Waals surface area contributed by atoms with Crippen LogP contribution in [0.15, 0.2) is 46.1 Å². The van der Waals surface area contributed by atoms with Crippen molar-refractivity contribution in [3.8, 4) is 5.75 Å². The number of carbonyl (C=O) groups is 1. The van der Waals surface area contributed by atoms with Crippen LogP contribution in [0.5, 0.6) is 5.75 Å². The van der Waals surface area contributed by atoms with Crippen molar-refractivity contribution in [1.82, 2.24) is 9.55 Å². The molecule has 0 bridgehead atoms. The Morgan fingerprint density at radius 3 is 2.70 bits per heavy atom. The van der Waals surface area contributed by atoms with E-state index in [9.17, 15) is 14.4 Å². The van der Waals surface area contributed by atoms with Crippen molar-refractivity contribution in [3.05, 3.63) is 62.9 Å². The van der Waals surface area contributed by atoms with Crippen LogP contribution >= 0.6 is 0 Å². The molecule has 0 aliphatic heterocycles. The molecular weight excluding hydrogens is 260 g/mol. The quantitative estimate of drug-likeness (QED) is 0.818. The number of para-hydroxylation sites is 1. The Kier molecular flexibility index (Phi) is 4.14. The van der Waals surface area contributed by atoms with Gasteiger partial charge in [0.2, 0.25) is 0 Å². The highest BCUT2D eigenvalue weighted by atomic mass is 16.5. The molecule has 0 unspecified atom stereocenters. The first-order valence-corrected chi connectivity index (χ1v) is 6.16. The van der Waals surface area contributed by atoms with Crippen LogP contribution in [0.25, 0.3) is 0 Å². The summed E-state index contributed by atoms with van der Waals surface area (Å²) < 4.78 is 6.52. The highest BCUT2D eigenvalue weighted by molar-refractivity contribution is 5.98. The molecule has 0 amide bonds. The van der Waals surface area contributed by atoms with Crippen LogP contribution in [0.2, 0.25) is 0 Å². The van der Waals surface area contributed by atoms with Crippen LogP contribution in [0, 0.1) is 0 Å². The van der Waals surface area contributed by atoms with E-state index in [2.05, 4.69) is 4.98 Å². The maximum atomic E-state index is 12.2. The number of aromatic nitrogens is 2. The number of ketones is 1. The fourth-order valence-electron chi connectivity index (χ4n) is 1.79. The second kappa shape index (κ2) is 6.01. The van der Waals surface area contributed by atoms with Crippen LogP contribution < -0.4 is 16.0 Å². The Labute approximate surface area is 114 Å². The number of Topliss-reactive ketones (excluding diaryl/α,β-unsaturated/α-hetero) is 1. The maximum Gasteiger partial charge on any atom is 0.328 e. The molecule has 0 fully saturated rings. The van der Waals surface area contributed by atoms with E-state index in [1.807, 2.05) is 6.92 Å². The van der Waals surface area contributed by atoms with Crippen molar-refractivity contribution in [2.24, 2.45) is 0 Å². The third kappa shape index (κ3) is 3.03. The van der Waals surface area contributed by atoms with Gasteiger partial charge in [0.05, 0.1) is 18.7 Å².